The van der Waals surface area contributed by atoms with E-state index >= 15 is 0 Å². The van der Waals surface area contributed by atoms with Crippen LogP contribution < -0.4 is 4.74 Å². The average Bonchev–Trinajstić information content (AvgIpc) is 3.17. The number of ether oxygens (including phenoxy) is 2. The Morgan fingerprint density at radius 3 is 2.55 bits per heavy atom. The number of hydrogen-bond donors (Lipinski definition) is 0. The lowest BCUT2D eigenvalue weighted by atomic mass is 9.94. The summed E-state index contributed by atoms with van der Waals surface area (Å²) >= 11 is 0. The molecule has 2 rings (SSSR count). The second-order valence-electron chi connectivity index (χ2n) is 5.25. The molecule has 5 heteroatoms. The van der Waals surface area contributed by atoms with Gasteiger partial charge in [-0.05, 0) is 36.5 Å². The summed E-state index contributed by atoms with van der Waals surface area (Å²) in [5.41, 5.74) is 0.109. The van der Waals surface area contributed by atoms with Crippen molar-refractivity contribution in [2.45, 2.75) is 45.1 Å². The molecule has 0 N–H and O–H groups in total. The van der Waals surface area contributed by atoms with Gasteiger partial charge in [-0.1, -0.05) is 19.9 Å². The van der Waals surface area contributed by atoms with Gasteiger partial charge in [0.1, 0.15) is 5.75 Å². The van der Waals surface area contributed by atoms with E-state index in [1.54, 1.807) is 0 Å². The van der Waals surface area contributed by atoms with Crippen LogP contribution in [0, 0.1) is 5.92 Å². The van der Waals surface area contributed by atoms with Crippen LogP contribution in [0.5, 0.6) is 5.75 Å². The van der Waals surface area contributed by atoms with Gasteiger partial charge in [-0.2, -0.15) is 13.2 Å². The molecule has 112 valence electrons. The number of hydrogen-bond acceptors (Lipinski definition) is 2. The Morgan fingerprint density at radius 2 is 2.05 bits per heavy atom. The third-order valence-electron chi connectivity index (χ3n) is 3.74. The fourth-order valence-electron chi connectivity index (χ4n) is 2.54. The largest absolute Gasteiger partial charge is 0.496 e. The van der Waals surface area contributed by atoms with E-state index < -0.39 is 11.7 Å². The van der Waals surface area contributed by atoms with E-state index in [2.05, 4.69) is 13.8 Å². The number of alkyl halides is 3. The van der Waals surface area contributed by atoms with Gasteiger partial charge in [0.15, 0.2) is 0 Å². The molecular weight excluding hydrogens is 269 g/mol. The van der Waals surface area contributed by atoms with Gasteiger partial charge in [0.05, 0.1) is 24.9 Å². The smallest absolute Gasteiger partial charge is 0.416 e. The maximum absolute atomic E-state index is 12.7. The lowest BCUT2D eigenvalue weighted by Gasteiger charge is -2.15. The van der Waals surface area contributed by atoms with Crippen molar-refractivity contribution in [3.8, 4) is 5.75 Å². The molecule has 1 heterocycles. The highest BCUT2D eigenvalue weighted by Crippen LogP contribution is 2.37. The van der Waals surface area contributed by atoms with Crippen LogP contribution >= 0.6 is 0 Å². The molecule has 0 aliphatic carbocycles. The van der Waals surface area contributed by atoms with Gasteiger partial charge in [-0.15, -0.1) is 0 Å². The summed E-state index contributed by atoms with van der Waals surface area (Å²) < 4.78 is 48.6. The second-order valence-corrected chi connectivity index (χ2v) is 5.25. The lowest BCUT2D eigenvalue weighted by molar-refractivity contribution is -0.137. The normalized spacial score (nSPS) is 23.5. The molecule has 1 fully saturated rings. The first-order valence-electron chi connectivity index (χ1n) is 6.76. The molecule has 1 aromatic carbocycles. The van der Waals surface area contributed by atoms with Gasteiger partial charge in [-0.25, -0.2) is 0 Å². The molecule has 1 aliphatic heterocycles. The molecule has 0 radical (unpaired) electrons. The Morgan fingerprint density at radius 1 is 1.35 bits per heavy atom. The van der Waals surface area contributed by atoms with E-state index in [1.165, 1.54) is 13.2 Å². The zero-order valence-electron chi connectivity index (χ0n) is 11.8. The molecule has 3 unspecified atom stereocenters. The molecule has 1 aliphatic rings. The maximum Gasteiger partial charge on any atom is 0.416 e. The Bertz CT molecular complexity index is 471. The standard InChI is InChI=1S/C15H19F3O2/c1-4-12-14(20-12)9(2)7-10-5-6-11(15(16,17)18)8-13(10)19-3/h5-6,8-9,12,14H,4,7H2,1-3H3. The van der Waals surface area contributed by atoms with Gasteiger partial charge in [-0.3, -0.25) is 0 Å². The Hall–Kier alpha value is -1.23. The van der Waals surface area contributed by atoms with E-state index in [0.717, 1.165) is 24.1 Å². The zero-order chi connectivity index (χ0) is 14.9. The third kappa shape index (κ3) is 3.26. The van der Waals surface area contributed by atoms with Crippen molar-refractivity contribution in [2.24, 2.45) is 5.92 Å². The first kappa shape index (κ1) is 15.2. The summed E-state index contributed by atoms with van der Waals surface area (Å²) in [4.78, 5) is 0. The monoisotopic (exact) mass is 288 g/mol. The number of benzene rings is 1. The van der Waals surface area contributed by atoms with Crippen LogP contribution in [0.15, 0.2) is 18.2 Å². The summed E-state index contributed by atoms with van der Waals surface area (Å²) in [5, 5.41) is 0. The number of methoxy groups -OCH3 is 1. The number of epoxide rings is 1. The van der Waals surface area contributed by atoms with E-state index in [1.807, 2.05) is 0 Å². The summed E-state index contributed by atoms with van der Waals surface area (Å²) in [7, 11) is 1.39. The lowest BCUT2D eigenvalue weighted by Crippen LogP contribution is -2.12. The minimum absolute atomic E-state index is 0.215. The van der Waals surface area contributed by atoms with Crippen LogP contribution in [0.3, 0.4) is 0 Å². The van der Waals surface area contributed by atoms with Gasteiger partial charge < -0.3 is 9.47 Å². The fraction of sp³-hybridized carbons (Fsp3) is 0.600. The Kier molecular flexibility index (Phi) is 4.28. The van der Waals surface area contributed by atoms with Crippen LogP contribution in [0.4, 0.5) is 13.2 Å². The first-order chi connectivity index (χ1) is 9.36. The molecule has 0 aromatic heterocycles. The molecule has 2 nitrogen and oxygen atoms in total. The molecule has 0 bridgehead atoms. The Balaban J connectivity index is 2.12. The molecule has 3 atom stereocenters. The molecule has 0 spiro atoms. The molecule has 0 amide bonds. The summed E-state index contributed by atoms with van der Waals surface area (Å²) in [5.74, 6) is 0.561. The molecule has 0 saturated carbocycles. The van der Waals surface area contributed by atoms with Crippen molar-refractivity contribution in [1.82, 2.24) is 0 Å². The van der Waals surface area contributed by atoms with Crippen LogP contribution in [-0.4, -0.2) is 19.3 Å². The summed E-state index contributed by atoms with van der Waals surface area (Å²) in [6.07, 6.45) is -2.20. The molecule has 20 heavy (non-hydrogen) atoms. The molecular formula is C15H19F3O2. The van der Waals surface area contributed by atoms with E-state index in [9.17, 15) is 13.2 Å². The van der Waals surface area contributed by atoms with Crippen molar-refractivity contribution in [1.29, 1.82) is 0 Å². The summed E-state index contributed by atoms with van der Waals surface area (Å²) in [6, 6.07) is 3.67. The minimum atomic E-state index is -4.34. The SMILES string of the molecule is CCC1OC1C(C)Cc1ccc(C(F)(F)F)cc1OC. The van der Waals surface area contributed by atoms with Gasteiger partial charge in [0.2, 0.25) is 0 Å². The van der Waals surface area contributed by atoms with E-state index in [4.69, 9.17) is 9.47 Å². The minimum Gasteiger partial charge on any atom is -0.496 e. The Labute approximate surface area is 116 Å². The third-order valence-corrected chi connectivity index (χ3v) is 3.74. The number of halogens is 3. The quantitative estimate of drug-likeness (QED) is 0.762. The zero-order valence-corrected chi connectivity index (χ0v) is 11.8. The van der Waals surface area contributed by atoms with Crippen molar-refractivity contribution < 1.29 is 22.6 Å². The van der Waals surface area contributed by atoms with Crippen LogP contribution in [-0.2, 0) is 17.3 Å². The molecule has 1 saturated heterocycles. The van der Waals surface area contributed by atoms with Crippen molar-refractivity contribution in [3.05, 3.63) is 29.3 Å². The topological polar surface area (TPSA) is 21.8 Å². The summed E-state index contributed by atoms with van der Waals surface area (Å²) in [6.45, 7) is 4.12. The predicted molar refractivity (Wildman–Crippen MR) is 69.8 cm³/mol. The van der Waals surface area contributed by atoms with Crippen molar-refractivity contribution >= 4 is 0 Å². The number of rotatable bonds is 5. The van der Waals surface area contributed by atoms with Crippen LogP contribution in [0.1, 0.15) is 31.4 Å². The van der Waals surface area contributed by atoms with Crippen LogP contribution in [0.2, 0.25) is 0 Å². The van der Waals surface area contributed by atoms with Crippen molar-refractivity contribution in [3.63, 3.8) is 0 Å². The average molecular weight is 288 g/mol. The molecule has 1 aromatic rings. The van der Waals surface area contributed by atoms with E-state index in [0.29, 0.717) is 18.3 Å². The highest BCUT2D eigenvalue weighted by atomic mass is 19.4. The highest BCUT2D eigenvalue weighted by Gasteiger charge is 2.41. The van der Waals surface area contributed by atoms with Crippen LogP contribution in [0.25, 0.3) is 0 Å². The maximum atomic E-state index is 12.7. The van der Waals surface area contributed by atoms with E-state index in [-0.39, 0.29) is 12.0 Å². The van der Waals surface area contributed by atoms with Gasteiger partial charge in [0, 0.05) is 0 Å². The van der Waals surface area contributed by atoms with Crippen molar-refractivity contribution in [2.75, 3.05) is 7.11 Å². The second kappa shape index (κ2) is 5.64. The first-order valence-corrected chi connectivity index (χ1v) is 6.76. The highest BCUT2D eigenvalue weighted by molar-refractivity contribution is 5.39. The van der Waals surface area contributed by atoms with Gasteiger partial charge in [0.25, 0.3) is 0 Å². The fourth-order valence-corrected chi connectivity index (χ4v) is 2.54. The van der Waals surface area contributed by atoms with Gasteiger partial charge >= 0.3 is 6.18 Å². The predicted octanol–water partition coefficient (Wildman–Crippen LogP) is 4.07.